The number of esters is 1. The van der Waals surface area contributed by atoms with Gasteiger partial charge >= 0.3 is 5.97 Å². The molecule has 192 valence electrons. The number of hydrogen-bond acceptors (Lipinski definition) is 9. The van der Waals surface area contributed by atoms with E-state index < -0.39 is 17.7 Å². The third-order valence-electron chi connectivity index (χ3n) is 8.51. The molecule has 0 saturated carbocycles. The lowest BCUT2D eigenvalue weighted by molar-refractivity contribution is -0.557. The SMILES string of the molecule is C[C@H]1C(=O)O[C@@H]2O[C@@]3(C)CC[C@H]4N(Cc5ccc(OCCN6CCOCC6)cc5)CC[C@@H]1[C@]24OO3. The quantitative estimate of drug-likeness (QED) is 0.443. The largest absolute Gasteiger partial charge is 0.492 e. The predicted molar refractivity (Wildman–Crippen MR) is 124 cm³/mol. The molecule has 6 aliphatic rings. The number of nitrogens with zero attached hydrogens (tertiary/aromatic N) is 2. The molecular formula is C26H36N2O7. The number of carbonyl (C=O) groups excluding carboxylic acids is 1. The molecule has 1 aromatic rings. The van der Waals surface area contributed by atoms with Gasteiger partial charge in [0.05, 0.1) is 19.1 Å². The van der Waals surface area contributed by atoms with Crippen molar-refractivity contribution in [2.45, 2.75) is 63.4 Å². The van der Waals surface area contributed by atoms with E-state index in [1.807, 2.05) is 13.8 Å². The maximum atomic E-state index is 12.6. The Morgan fingerprint density at radius 1 is 1.09 bits per heavy atom. The van der Waals surface area contributed by atoms with Crippen LogP contribution in [-0.4, -0.2) is 85.5 Å². The highest BCUT2D eigenvalue weighted by Crippen LogP contribution is 2.55. The number of morpholine rings is 1. The van der Waals surface area contributed by atoms with Gasteiger partial charge in [0, 0.05) is 44.6 Å². The van der Waals surface area contributed by atoms with Crippen molar-refractivity contribution < 1.29 is 33.5 Å². The molecule has 0 N–H and O–H groups in total. The maximum absolute atomic E-state index is 12.6. The number of ether oxygens (including phenoxy) is 4. The Morgan fingerprint density at radius 2 is 1.89 bits per heavy atom. The summed E-state index contributed by atoms with van der Waals surface area (Å²) >= 11 is 0. The van der Waals surface area contributed by atoms with E-state index in [0.717, 1.165) is 64.5 Å². The second-order valence-electron chi connectivity index (χ2n) is 10.7. The standard InChI is InChI=1S/C26H36N2O7/c1-18-21-8-10-28(22-7-9-25(2)33-24(32-23(18)29)26(21,22)35-34-25)17-19-3-5-20(6-4-19)31-16-13-27-11-14-30-15-12-27/h3-6,18,21-22,24H,7-17H2,1-2H3/t18-,21+,22-,24-,25-,26-/m1/s1. The highest BCUT2D eigenvalue weighted by molar-refractivity contribution is 5.74. The number of piperidine rings is 1. The number of rotatable bonds is 6. The number of benzene rings is 1. The van der Waals surface area contributed by atoms with Crippen LogP contribution in [0.4, 0.5) is 0 Å². The average molecular weight is 489 g/mol. The normalized spacial score (nSPS) is 39.5. The predicted octanol–water partition coefficient (Wildman–Crippen LogP) is 2.33. The van der Waals surface area contributed by atoms with Crippen molar-refractivity contribution in [2.75, 3.05) is 46.0 Å². The molecule has 0 unspecified atom stereocenters. The van der Waals surface area contributed by atoms with Gasteiger partial charge in [0.15, 0.2) is 5.60 Å². The minimum atomic E-state index is -0.898. The van der Waals surface area contributed by atoms with Gasteiger partial charge in [-0.15, -0.1) is 0 Å². The molecule has 0 aromatic heterocycles. The molecule has 9 heteroatoms. The zero-order valence-electron chi connectivity index (χ0n) is 20.6. The van der Waals surface area contributed by atoms with Crippen molar-refractivity contribution >= 4 is 5.97 Å². The van der Waals surface area contributed by atoms with Gasteiger partial charge in [-0.05, 0) is 44.0 Å². The van der Waals surface area contributed by atoms with Crippen molar-refractivity contribution in [2.24, 2.45) is 11.8 Å². The maximum Gasteiger partial charge on any atom is 0.311 e. The molecule has 1 spiro atoms. The fourth-order valence-electron chi connectivity index (χ4n) is 6.48. The van der Waals surface area contributed by atoms with Gasteiger partial charge in [0.25, 0.3) is 0 Å². The van der Waals surface area contributed by atoms with Crippen LogP contribution in [0.25, 0.3) is 0 Å². The molecule has 9 nitrogen and oxygen atoms in total. The first-order chi connectivity index (χ1) is 17.0. The van der Waals surface area contributed by atoms with E-state index in [9.17, 15) is 4.79 Å². The first kappa shape index (κ1) is 23.6. The first-order valence-electron chi connectivity index (χ1n) is 13.0. The molecule has 7 rings (SSSR count). The van der Waals surface area contributed by atoms with Crippen LogP contribution in [0.2, 0.25) is 0 Å². The van der Waals surface area contributed by atoms with Crippen LogP contribution in [0.1, 0.15) is 38.7 Å². The number of hydrogen-bond donors (Lipinski definition) is 0. The molecule has 6 heterocycles. The summed E-state index contributed by atoms with van der Waals surface area (Å²) in [5.41, 5.74) is 0.411. The Balaban J connectivity index is 1.14. The lowest BCUT2D eigenvalue weighted by Gasteiger charge is -2.58. The Labute approximate surface area is 206 Å². The van der Waals surface area contributed by atoms with Gasteiger partial charge in [-0.1, -0.05) is 19.1 Å². The molecule has 0 amide bonds. The highest BCUT2D eigenvalue weighted by atomic mass is 17.3. The minimum absolute atomic E-state index is 0.0000996. The van der Waals surface area contributed by atoms with Crippen LogP contribution < -0.4 is 4.74 Å². The molecule has 6 aliphatic heterocycles. The van der Waals surface area contributed by atoms with E-state index in [1.165, 1.54) is 5.56 Å². The number of fused-ring (bicyclic) bond motifs is 2. The van der Waals surface area contributed by atoms with E-state index in [1.54, 1.807) is 0 Å². The van der Waals surface area contributed by atoms with Crippen molar-refractivity contribution in [3.63, 3.8) is 0 Å². The first-order valence-corrected chi connectivity index (χ1v) is 13.0. The summed E-state index contributed by atoms with van der Waals surface area (Å²) in [6, 6.07) is 8.41. The fraction of sp³-hybridized carbons (Fsp3) is 0.731. The number of carbonyl (C=O) groups is 1. The Hall–Kier alpha value is -1.75. The van der Waals surface area contributed by atoms with Crippen LogP contribution in [0.5, 0.6) is 5.75 Å². The van der Waals surface area contributed by atoms with Gasteiger partial charge in [-0.25, -0.2) is 9.78 Å². The van der Waals surface area contributed by atoms with Crippen LogP contribution in [0.15, 0.2) is 24.3 Å². The average Bonchev–Trinajstić information content (AvgIpc) is 3.10. The van der Waals surface area contributed by atoms with Crippen molar-refractivity contribution in [3.8, 4) is 5.75 Å². The van der Waals surface area contributed by atoms with E-state index in [4.69, 9.17) is 28.7 Å². The van der Waals surface area contributed by atoms with Crippen molar-refractivity contribution in [1.29, 1.82) is 0 Å². The molecule has 6 saturated heterocycles. The van der Waals surface area contributed by atoms with Crippen LogP contribution in [0, 0.1) is 11.8 Å². The smallest absolute Gasteiger partial charge is 0.311 e. The molecule has 1 aromatic carbocycles. The molecule has 35 heavy (non-hydrogen) atoms. The Kier molecular flexibility index (Phi) is 6.27. The lowest BCUT2D eigenvalue weighted by Crippen LogP contribution is -2.74. The summed E-state index contributed by atoms with van der Waals surface area (Å²) < 4.78 is 23.4. The van der Waals surface area contributed by atoms with E-state index in [0.29, 0.717) is 13.0 Å². The summed E-state index contributed by atoms with van der Waals surface area (Å²) in [7, 11) is 0. The summed E-state index contributed by atoms with van der Waals surface area (Å²) in [5.74, 6) is -0.468. The second kappa shape index (κ2) is 9.28. The van der Waals surface area contributed by atoms with Gasteiger partial charge in [0.2, 0.25) is 12.1 Å². The van der Waals surface area contributed by atoms with Crippen LogP contribution >= 0.6 is 0 Å². The van der Waals surface area contributed by atoms with Gasteiger partial charge < -0.3 is 18.9 Å². The molecule has 0 radical (unpaired) electrons. The zero-order valence-corrected chi connectivity index (χ0v) is 20.6. The summed E-state index contributed by atoms with van der Waals surface area (Å²) in [6.07, 6.45) is 1.62. The van der Waals surface area contributed by atoms with Gasteiger partial charge in [-0.3, -0.25) is 14.6 Å². The molecule has 6 atom stereocenters. The summed E-state index contributed by atoms with van der Waals surface area (Å²) in [5, 5.41) is 0. The lowest BCUT2D eigenvalue weighted by atomic mass is 9.67. The van der Waals surface area contributed by atoms with E-state index >= 15 is 0 Å². The zero-order chi connectivity index (χ0) is 24.0. The Morgan fingerprint density at radius 3 is 2.69 bits per heavy atom. The molecule has 6 fully saturated rings. The monoisotopic (exact) mass is 488 g/mol. The van der Waals surface area contributed by atoms with Crippen molar-refractivity contribution in [3.05, 3.63) is 29.8 Å². The van der Waals surface area contributed by atoms with Crippen LogP contribution in [0.3, 0.4) is 0 Å². The number of likely N-dealkylation sites (tertiary alicyclic amines) is 1. The fourth-order valence-corrected chi connectivity index (χ4v) is 6.48. The molecular weight excluding hydrogens is 452 g/mol. The topological polar surface area (TPSA) is 78.9 Å². The third kappa shape index (κ3) is 4.26. The summed E-state index contributed by atoms with van der Waals surface area (Å²) in [4.78, 5) is 29.4. The third-order valence-corrected chi connectivity index (χ3v) is 8.51. The van der Waals surface area contributed by atoms with Crippen LogP contribution in [-0.2, 0) is 35.3 Å². The van der Waals surface area contributed by atoms with E-state index in [2.05, 4.69) is 34.1 Å². The Bertz CT molecular complexity index is 923. The van der Waals surface area contributed by atoms with Crippen molar-refractivity contribution in [1.82, 2.24) is 9.80 Å². The molecule has 2 bridgehead atoms. The highest BCUT2D eigenvalue weighted by Gasteiger charge is 2.70. The summed E-state index contributed by atoms with van der Waals surface area (Å²) in [6.45, 7) is 10.6. The van der Waals surface area contributed by atoms with E-state index in [-0.39, 0.29) is 23.8 Å². The second-order valence-corrected chi connectivity index (χ2v) is 10.7. The minimum Gasteiger partial charge on any atom is -0.492 e. The van der Waals surface area contributed by atoms with Gasteiger partial charge in [0.1, 0.15) is 12.4 Å². The van der Waals surface area contributed by atoms with Gasteiger partial charge in [-0.2, -0.15) is 0 Å². The molecule has 0 aliphatic carbocycles.